The van der Waals surface area contributed by atoms with Crippen LogP contribution in [-0.4, -0.2) is 35.7 Å². The van der Waals surface area contributed by atoms with Crippen molar-refractivity contribution in [3.63, 3.8) is 0 Å². The molecule has 2 aliphatic heterocycles. The van der Waals surface area contributed by atoms with Gasteiger partial charge in [0.2, 0.25) is 17.7 Å². The molecule has 0 saturated carbocycles. The molecule has 2 fully saturated rings. The molecule has 1 aromatic carbocycles. The number of amides is 3. The molecule has 9 heteroatoms. The molecule has 138 valence electrons. The van der Waals surface area contributed by atoms with Gasteiger partial charge in [-0.3, -0.25) is 29.4 Å². The number of nitrogens with zero attached hydrogens (tertiary/aromatic N) is 3. The van der Waals surface area contributed by atoms with Gasteiger partial charge < -0.3 is 10.6 Å². The SMILES string of the molecule is NC(=O)C1CCN(c2ccc(N3C(=O)CCCC3=O)cc2[N+](=O)[O-])CC1. The van der Waals surface area contributed by atoms with Gasteiger partial charge in [0.25, 0.3) is 5.69 Å². The van der Waals surface area contributed by atoms with E-state index in [2.05, 4.69) is 0 Å². The van der Waals surface area contributed by atoms with Gasteiger partial charge in [-0.05, 0) is 31.4 Å². The Balaban J connectivity index is 1.88. The largest absolute Gasteiger partial charge is 0.369 e. The smallest absolute Gasteiger partial charge is 0.294 e. The van der Waals surface area contributed by atoms with E-state index in [4.69, 9.17) is 5.73 Å². The summed E-state index contributed by atoms with van der Waals surface area (Å²) in [5.41, 5.74) is 5.80. The van der Waals surface area contributed by atoms with Crippen molar-refractivity contribution in [2.45, 2.75) is 32.1 Å². The van der Waals surface area contributed by atoms with Crippen molar-refractivity contribution in [3.05, 3.63) is 28.3 Å². The van der Waals surface area contributed by atoms with E-state index in [1.807, 2.05) is 4.90 Å². The monoisotopic (exact) mass is 360 g/mol. The lowest BCUT2D eigenvalue weighted by Crippen LogP contribution is -2.40. The van der Waals surface area contributed by atoms with Gasteiger partial charge in [-0.1, -0.05) is 0 Å². The van der Waals surface area contributed by atoms with Crippen molar-refractivity contribution < 1.29 is 19.3 Å². The number of benzene rings is 1. The third-order valence-electron chi connectivity index (χ3n) is 4.93. The van der Waals surface area contributed by atoms with Crippen LogP contribution in [0, 0.1) is 16.0 Å². The Hall–Kier alpha value is -2.97. The van der Waals surface area contributed by atoms with Gasteiger partial charge in [-0.15, -0.1) is 0 Å². The molecule has 2 heterocycles. The minimum atomic E-state index is -0.516. The Morgan fingerprint density at radius 2 is 1.77 bits per heavy atom. The predicted molar refractivity (Wildman–Crippen MR) is 93.6 cm³/mol. The number of imide groups is 1. The van der Waals surface area contributed by atoms with Crippen molar-refractivity contribution in [1.82, 2.24) is 0 Å². The average Bonchev–Trinajstić information content (AvgIpc) is 2.61. The highest BCUT2D eigenvalue weighted by Gasteiger charge is 2.31. The summed E-state index contributed by atoms with van der Waals surface area (Å²) in [7, 11) is 0. The van der Waals surface area contributed by atoms with Crippen LogP contribution < -0.4 is 15.5 Å². The summed E-state index contributed by atoms with van der Waals surface area (Å²) in [5, 5.41) is 11.6. The number of primary amides is 1. The summed E-state index contributed by atoms with van der Waals surface area (Å²) in [6.07, 6.45) is 2.08. The van der Waals surface area contributed by atoms with Crippen LogP contribution in [0.2, 0.25) is 0 Å². The molecule has 0 radical (unpaired) electrons. The highest BCUT2D eigenvalue weighted by atomic mass is 16.6. The van der Waals surface area contributed by atoms with E-state index in [1.165, 1.54) is 6.07 Å². The molecule has 2 N–H and O–H groups in total. The molecule has 0 spiro atoms. The van der Waals surface area contributed by atoms with Crippen molar-refractivity contribution in [2.75, 3.05) is 22.9 Å². The topological polar surface area (TPSA) is 127 Å². The van der Waals surface area contributed by atoms with E-state index in [0.717, 1.165) is 4.90 Å². The van der Waals surface area contributed by atoms with Crippen LogP contribution in [0.5, 0.6) is 0 Å². The molecule has 26 heavy (non-hydrogen) atoms. The van der Waals surface area contributed by atoms with Crippen LogP contribution in [0.25, 0.3) is 0 Å². The fourth-order valence-electron chi connectivity index (χ4n) is 3.51. The lowest BCUT2D eigenvalue weighted by molar-refractivity contribution is -0.384. The molecule has 3 rings (SSSR count). The normalized spacial score (nSPS) is 18.9. The summed E-state index contributed by atoms with van der Waals surface area (Å²) in [5.74, 6) is -1.25. The van der Waals surface area contributed by atoms with Crippen molar-refractivity contribution >= 4 is 34.8 Å². The van der Waals surface area contributed by atoms with Crippen LogP contribution in [0.15, 0.2) is 18.2 Å². The van der Waals surface area contributed by atoms with E-state index in [9.17, 15) is 24.5 Å². The number of rotatable bonds is 4. The molecule has 0 aromatic heterocycles. The summed E-state index contributed by atoms with van der Waals surface area (Å²) in [4.78, 5) is 49.3. The Kier molecular flexibility index (Phi) is 4.88. The number of hydrogen-bond donors (Lipinski definition) is 1. The van der Waals surface area contributed by atoms with Crippen LogP contribution >= 0.6 is 0 Å². The number of nitrogens with two attached hydrogens (primary N) is 1. The van der Waals surface area contributed by atoms with Crippen molar-refractivity contribution in [1.29, 1.82) is 0 Å². The number of nitro groups is 1. The molecule has 9 nitrogen and oxygen atoms in total. The third kappa shape index (κ3) is 3.37. The molecule has 0 atom stereocenters. The maximum Gasteiger partial charge on any atom is 0.294 e. The molecule has 2 aliphatic rings. The fourth-order valence-corrected chi connectivity index (χ4v) is 3.51. The van der Waals surface area contributed by atoms with Gasteiger partial charge in [0.1, 0.15) is 5.69 Å². The second-order valence-corrected chi connectivity index (χ2v) is 6.57. The first-order valence-electron chi connectivity index (χ1n) is 8.57. The van der Waals surface area contributed by atoms with E-state index in [-0.39, 0.29) is 47.9 Å². The first kappa shape index (κ1) is 17.8. The minimum Gasteiger partial charge on any atom is -0.369 e. The zero-order chi connectivity index (χ0) is 18.8. The second-order valence-electron chi connectivity index (χ2n) is 6.57. The molecule has 1 aromatic rings. The Labute approximate surface area is 149 Å². The first-order chi connectivity index (χ1) is 12.4. The molecular formula is C17H20N4O5. The van der Waals surface area contributed by atoms with Gasteiger partial charge >= 0.3 is 0 Å². The standard InChI is InChI=1S/C17H20N4O5/c18-17(24)11-6-8-19(9-7-11)13-5-4-12(10-14(13)21(25)26)20-15(22)2-1-3-16(20)23/h4-5,10-11H,1-3,6-9H2,(H2,18,24). The van der Waals surface area contributed by atoms with E-state index in [0.29, 0.717) is 38.0 Å². The summed E-state index contributed by atoms with van der Waals surface area (Å²) in [6.45, 7) is 0.963. The summed E-state index contributed by atoms with van der Waals surface area (Å²) < 4.78 is 0. The summed E-state index contributed by atoms with van der Waals surface area (Å²) in [6, 6.07) is 4.40. The lowest BCUT2D eigenvalue weighted by Gasteiger charge is -2.32. The Morgan fingerprint density at radius 1 is 1.15 bits per heavy atom. The lowest BCUT2D eigenvalue weighted by atomic mass is 9.95. The Morgan fingerprint density at radius 3 is 2.31 bits per heavy atom. The number of hydrogen-bond acceptors (Lipinski definition) is 6. The van der Waals surface area contributed by atoms with Gasteiger partial charge in [-0.2, -0.15) is 0 Å². The molecule has 0 aliphatic carbocycles. The number of nitro benzene ring substituents is 1. The van der Waals surface area contributed by atoms with Gasteiger partial charge in [0.05, 0.1) is 10.6 Å². The van der Waals surface area contributed by atoms with Gasteiger partial charge in [-0.25, -0.2) is 0 Å². The van der Waals surface area contributed by atoms with E-state index >= 15 is 0 Å². The molecule has 2 saturated heterocycles. The van der Waals surface area contributed by atoms with Crippen LogP contribution in [0.4, 0.5) is 17.1 Å². The fraction of sp³-hybridized carbons (Fsp3) is 0.471. The minimum absolute atomic E-state index is 0.161. The molecule has 3 amide bonds. The molecule has 0 unspecified atom stereocenters. The zero-order valence-electron chi connectivity index (χ0n) is 14.2. The maximum atomic E-state index is 12.1. The Bertz CT molecular complexity index is 754. The number of piperidine rings is 2. The van der Waals surface area contributed by atoms with Crippen molar-refractivity contribution in [3.8, 4) is 0 Å². The van der Waals surface area contributed by atoms with E-state index in [1.54, 1.807) is 12.1 Å². The van der Waals surface area contributed by atoms with Crippen LogP contribution in [-0.2, 0) is 14.4 Å². The quantitative estimate of drug-likeness (QED) is 0.490. The van der Waals surface area contributed by atoms with Gasteiger partial charge in [0, 0.05) is 37.9 Å². The predicted octanol–water partition coefficient (Wildman–Crippen LogP) is 1.34. The third-order valence-corrected chi connectivity index (χ3v) is 4.93. The molecular weight excluding hydrogens is 340 g/mol. The molecule has 0 bridgehead atoms. The number of anilines is 2. The summed E-state index contributed by atoms with van der Waals surface area (Å²) >= 11 is 0. The van der Waals surface area contributed by atoms with E-state index < -0.39 is 4.92 Å². The highest BCUT2D eigenvalue weighted by Crippen LogP contribution is 2.35. The number of carbonyl (C=O) groups excluding carboxylic acids is 3. The first-order valence-corrected chi connectivity index (χ1v) is 8.57. The number of carbonyl (C=O) groups is 3. The average molecular weight is 360 g/mol. The zero-order valence-corrected chi connectivity index (χ0v) is 14.2. The maximum absolute atomic E-state index is 12.1. The van der Waals surface area contributed by atoms with Crippen LogP contribution in [0.3, 0.4) is 0 Å². The second kappa shape index (κ2) is 7.11. The van der Waals surface area contributed by atoms with Crippen molar-refractivity contribution in [2.24, 2.45) is 11.7 Å². The van der Waals surface area contributed by atoms with Crippen LogP contribution in [0.1, 0.15) is 32.1 Å². The van der Waals surface area contributed by atoms with Gasteiger partial charge in [0.15, 0.2) is 0 Å². The highest BCUT2D eigenvalue weighted by molar-refractivity contribution is 6.16.